The minimum Gasteiger partial charge on any atom is -0.302 e. The van der Waals surface area contributed by atoms with Crippen LogP contribution in [0.3, 0.4) is 0 Å². The molecule has 80 valence electrons. The molecule has 0 saturated heterocycles. The number of rotatable bonds is 4. The maximum absolute atomic E-state index is 8.61. The van der Waals surface area contributed by atoms with Crippen LogP contribution in [0, 0.1) is 11.3 Å². The molecule has 0 amide bonds. The first-order chi connectivity index (χ1) is 7.15. The van der Waals surface area contributed by atoms with Gasteiger partial charge in [0.1, 0.15) is 0 Å². The summed E-state index contributed by atoms with van der Waals surface area (Å²) < 4.78 is 1.09. The van der Waals surface area contributed by atoms with Crippen LogP contribution in [0.15, 0.2) is 28.7 Å². The Labute approximate surface area is 99.6 Å². The first kappa shape index (κ1) is 12.2. The molecule has 0 aliphatic carbocycles. The number of nitrogens with zero attached hydrogens (tertiary/aromatic N) is 2. The first-order valence-electron chi connectivity index (χ1n) is 4.94. The fraction of sp³-hybridized carbons (Fsp3) is 0.417. The van der Waals surface area contributed by atoms with Crippen molar-refractivity contribution < 1.29 is 0 Å². The minimum atomic E-state index is 0.331. The molecule has 15 heavy (non-hydrogen) atoms. The number of hydrogen-bond acceptors (Lipinski definition) is 2. The Morgan fingerprint density at radius 3 is 2.40 bits per heavy atom. The van der Waals surface area contributed by atoms with Crippen molar-refractivity contribution in [2.45, 2.75) is 18.9 Å². The number of benzene rings is 1. The Hall–Kier alpha value is -0.850. The molecule has 1 unspecified atom stereocenters. The van der Waals surface area contributed by atoms with Gasteiger partial charge in [-0.3, -0.25) is 0 Å². The van der Waals surface area contributed by atoms with E-state index in [1.54, 1.807) is 0 Å². The molecule has 0 heterocycles. The van der Waals surface area contributed by atoms with Crippen LogP contribution >= 0.6 is 15.9 Å². The molecule has 3 heteroatoms. The lowest BCUT2D eigenvalue weighted by Crippen LogP contribution is -2.19. The van der Waals surface area contributed by atoms with Crippen molar-refractivity contribution in [3.05, 3.63) is 34.3 Å². The van der Waals surface area contributed by atoms with Crippen LogP contribution in [0.5, 0.6) is 0 Å². The lowest BCUT2D eigenvalue weighted by Gasteiger charge is -2.23. The van der Waals surface area contributed by atoms with Crippen molar-refractivity contribution in [2.75, 3.05) is 14.1 Å². The number of halogens is 1. The summed E-state index contributed by atoms with van der Waals surface area (Å²) in [5.74, 6) is 0. The molecule has 1 aromatic rings. The van der Waals surface area contributed by atoms with E-state index in [2.05, 4.69) is 39.0 Å². The fourth-order valence-corrected chi connectivity index (χ4v) is 1.87. The summed E-state index contributed by atoms with van der Waals surface area (Å²) in [5, 5.41) is 8.61. The van der Waals surface area contributed by atoms with E-state index in [4.69, 9.17) is 5.26 Å². The van der Waals surface area contributed by atoms with Crippen LogP contribution in [0.25, 0.3) is 0 Å². The standard InChI is InChI=1S/C12H15BrN2/c1-15(2)12(4-3-9-14)10-5-7-11(13)8-6-10/h5-8,12H,3-4H2,1-2H3. The van der Waals surface area contributed by atoms with Gasteiger partial charge in [-0.15, -0.1) is 0 Å². The molecule has 0 aromatic heterocycles. The van der Waals surface area contributed by atoms with Gasteiger partial charge in [0.05, 0.1) is 6.07 Å². The predicted octanol–water partition coefficient (Wildman–Crippen LogP) is 3.36. The Morgan fingerprint density at radius 1 is 1.33 bits per heavy atom. The molecule has 0 spiro atoms. The van der Waals surface area contributed by atoms with Crippen LogP contribution in [-0.2, 0) is 0 Å². The van der Waals surface area contributed by atoms with Gasteiger partial charge in [-0.25, -0.2) is 0 Å². The normalized spacial score (nSPS) is 12.5. The highest BCUT2D eigenvalue weighted by Gasteiger charge is 2.12. The largest absolute Gasteiger partial charge is 0.302 e. The number of nitriles is 1. The topological polar surface area (TPSA) is 27.0 Å². The molecular weight excluding hydrogens is 252 g/mol. The van der Waals surface area contributed by atoms with Crippen LogP contribution in [0.2, 0.25) is 0 Å². The highest BCUT2D eigenvalue weighted by Crippen LogP contribution is 2.24. The molecule has 0 bridgehead atoms. The average Bonchev–Trinajstić information content (AvgIpc) is 2.21. The lowest BCUT2D eigenvalue weighted by molar-refractivity contribution is 0.286. The van der Waals surface area contributed by atoms with E-state index >= 15 is 0 Å². The Balaban J connectivity index is 2.80. The monoisotopic (exact) mass is 266 g/mol. The Kier molecular flexibility index (Phi) is 4.80. The van der Waals surface area contributed by atoms with Crippen LogP contribution in [0.1, 0.15) is 24.4 Å². The van der Waals surface area contributed by atoms with Crippen molar-refractivity contribution in [2.24, 2.45) is 0 Å². The zero-order chi connectivity index (χ0) is 11.3. The van der Waals surface area contributed by atoms with E-state index in [1.807, 2.05) is 26.2 Å². The van der Waals surface area contributed by atoms with Crippen molar-refractivity contribution in [1.29, 1.82) is 5.26 Å². The maximum atomic E-state index is 8.61. The summed E-state index contributed by atoms with van der Waals surface area (Å²) in [5.41, 5.74) is 1.26. The van der Waals surface area contributed by atoms with Gasteiger partial charge in [-0.05, 0) is 38.2 Å². The van der Waals surface area contributed by atoms with E-state index in [-0.39, 0.29) is 0 Å². The lowest BCUT2D eigenvalue weighted by atomic mass is 10.0. The zero-order valence-electron chi connectivity index (χ0n) is 9.07. The highest BCUT2D eigenvalue weighted by molar-refractivity contribution is 9.10. The van der Waals surface area contributed by atoms with Crippen LogP contribution in [-0.4, -0.2) is 19.0 Å². The summed E-state index contributed by atoms with van der Waals surface area (Å²) >= 11 is 3.42. The van der Waals surface area contributed by atoms with Gasteiger partial charge in [-0.2, -0.15) is 5.26 Å². The quantitative estimate of drug-likeness (QED) is 0.836. The molecule has 0 aliphatic rings. The predicted molar refractivity (Wildman–Crippen MR) is 65.4 cm³/mol. The smallest absolute Gasteiger partial charge is 0.0622 e. The minimum absolute atomic E-state index is 0.331. The first-order valence-corrected chi connectivity index (χ1v) is 5.73. The van der Waals surface area contributed by atoms with Gasteiger partial charge in [0.25, 0.3) is 0 Å². The third-order valence-electron chi connectivity index (χ3n) is 2.41. The van der Waals surface area contributed by atoms with Gasteiger partial charge in [0.15, 0.2) is 0 Å². The summed E-state index contributed by atoms with van der Waals surface area (Å²) in [6, 6.07) is 10.8. The molecule has 0 aliphatic heterocycles. The maximum Gasteiger partial charge on any atom is 0.0622 e. The fourth-order valence-electron chi connectivity index (χ4n) is 1.61. The van der Waals surface area contributed by atoms with E-state index in [0.717, 1.165) is 10.9 Å². The summed E-state index contributed by atoms with van der Waals surface area (Å²) in [4.78, 5) is 2.15. The van der Waals surface area contributed by atoms with Gasteiger partial charge < -0.3 is 4.90 Å². The van der Waals surface area contributed by atoms with Gasteiger partial charge in [0, 0.05) is 16.9 Å². The van der Waals surface area contributed by atoms with Crippen LogP contribution in [0.4, 0.5) is 0 Å². The van der Waals surface area contributed by atoms with E-state index in [9.17, 15) is 0 Å². The van der Waals surface area contributed by atoms with Gasteiger partial charge >= 0.3 is 0 Å². The second-order valence-electron chi connectivity index (χ2n) is 3.73. The zero-order valence-corrected chi connectivity index (χ0v) is 10.7. The second kappa shape index (κ2) is 5.89. The third kappa shape index (κ3) is 3.65. The van der Waals surface area contributed by atoms with Crippen molar-refractivity contribution in [1.82, 2.24) is 4.90 Å². The molecule has 0 radical (unpaired) electrons. The second-order valence-corrected chi connectivity index (χ2v) is 4.64. The number of hydrogen-bond donors (Lipinski definition) is 0. The van der Waals surface area contributed by atoms with Crippen molar-refractivity contribution >= 4 is 15.9 Å². The molecule has 0 saturated carbocycles. The van der Waals surface area contributed by atoms with Gasteiger partial charge in [-0.1, -0.05) is 28.1 Å². The van der Waals surface area contributed by atoms with E-state index < -0.39 is 0 Å². The third-order valence-corrected chi connectivity index (χ3v) is 2.94. The van der Waals surface area contributed by atoms with Gasteiger partial charge in [0.2, 0.25) is 0 Å². The SMILES string of the molecule is CN(C)C(CCC#N)c1ccc(Br)cc1. The summed E-state index contributed by atoms with van der Waals surface area (Å²) in [7, 11) is 4.09. The molecule has 2 nitrogen and oxygen atoms in total. The Bertz CT molecular complexity index is 338. The Morgan fingerprint density at radius 2 is 1.93 bits per heavy atom. The van der Waals surface area contributed by atoms with Crippen molar-refractivity contribution in [3.8, 4) is 6.07 Å². The summed E-state index contributed by atoms with van der Waals surface area (Å²) in [6.45, 7) is 0. The molecule has 0 fully saturated rings. The molecule has 1 rings (SSSR count). The van der Waals surface area contributed by atoms with Crippen LogP contribution < -0.4 is 0 Å². The molecular formula is C12H15BrN2. The average molecular weight is 267 g/mol. The molecule has 1 atom stereocenters. The van der Waals surface area contributed by atoms with Crippen molar-refractivity contribution in [3.63, 3.8) is 0 Å². The highest BCUT2D eigenvalue weighted by atomic mass is 79.9. The molecule has 0 N–H and O–H groups in total. The van der Waals surface area contributed by atoms with E-state index in [1.165, 1.54) is 5.56 Å². The summed E-state index contributed by atoms with van der Waals surface area (Å²) in [6.07, 6.45) is 1.48. The molecule has 1 aromatic carbocycles. The van der Waals surface area contributed by atoms with E-state index in [0.29, 0.717) is 12.5 Å².